The van der Waals surface area contributed by atoms with Gasteiger partial charge in [0.25, 0.3) is 0 Å². The number of carboxylic acid groups (broad SMARTS) is 1. The van der Waals surface area contributed by atoms with Gasteiger partial charge in [-0.1, -0.05) is 0 Å². The molecule has 7 heteroatoms. The second kappa shape index (κ2) is 5.43. The van der Waals surface area contributed by atoms with Crippen molar-refractivity contribution >= 4 is 17.0 Å². The number of methoxy groups -OCH3 is 1. The molecule has 1 N–H and O–H groups in total. The monoisotopic (exact) mass is 289 g/mol. The normalized spacial score (nSPS) is 18.0. The number of rotatable bonds is 3. The lowest BCUT2D eigenvalue weighted by molar-refractivity contribution is 0.145. The van der Waals surface area contributed by atoms with Gasteiger partial charge < -0.3 is 19.5 Å². The molecule has 1 aliphatic rings. The number of fused-ring (bicyclic) bond motifs is 1. The third-order valence-corrected chi connectivity index (χ3v) is 3.50. The summed E-state index contributed by atoms with van der Waals surface area (Å²) in [6, 6.07) is 5.47. The van der Waals surface area contributed by atoms with Crippen LogP contribution in [0, 0.1) is 0 Å². The molecule has 0 spiro atoms. The molecule has 0 bridgehead atoms. The van der Waals surface area contributed by atoms with Crippen LogP contribution < -0.4 is 9.47 Å². The van der Waals surface area contributed by atoms with E-state index in [2.05, 4.69) is 9.97 Å². The lowest BCUT2D eigenvalue weighted by Gasteiger charge is -2.15. The summed E-state index contributed by atoms with van der Waals surface area (Å²) in [6.07, 6.45) is 0.983. The van der Waals surface area contributed by atoms with Gasteiger partial charge in [-0.3, -0.25) is 0 Å². The third-order valence-electron chi connectivity index (χ3n) is 3.50. The number of aromatic nitrogens is 2. The van der Waals surface area contributed by atoms with Crippen LogP contribution in [0.4, 0.5) is 4.79 Å². The maximum Gasteiger partial charge on any atom is 0.407 e. The molecule has 0 saturated carbocycles. The molecule has 1 unspecified atom stereocenters. The van der Waals surface area contributed by atoms with Crippen LogP contribution in [0.5, 0.6) is 11.6 Å². The van der Waals surface area contributed by atoms with Gasteiger partial charge in [0.1, 0.15) is 18.2 Å². The van der Waals surface area contributed by atoms with E-state index < -0.39 is 6.09 Å². The van der Waals surface area contributed by atoms with E-state index in [1.807, 2.05) is 18.2 Å². The molecule has 1 fully saturated rings. The van der Waals surface area contributed by atoms with Crippen LogP contribution in [0.1, 0.15) is 6.42 Å². The molecule has 1 amide bonds. The fourth-order valence-electron chi connectivity index (χ4n) is 2.39. The van der Waals surface area contributed by atoms with Crippen molar-refractivity contribution in [3.8, 4) is 11.6 Å². The van der Waals surface area contributed by atoms with Gasteiger partial charge in [0.2, 0.25) is 5.88 Å². The van der Waals surface area contributed by atoms with Gasteiger partial charge >= 0.3 is 6.09 Å². The van der Waals surface area contributed by atoms with Gasteiger partial charge in [-0.25, -0.2) is 14.8 Å². The Bertz CT molecular complexity index is 676. The Labute approximate surface area is 121 Å². The Morgan fingerprint density at radius 3 is 3.00 bits per heavy atom. The standard InChI is InChI=1S/C14H15N3O4/c1-20-9-2-3-12-11(6-9)13(16-8-15-12)21-10-4-5-17(7-10)14(18)19/h2-3,6,8,10H,4-5,7H2,1H3,(H,18,19). The van der Waals surface area contributed by atoms with Gasteiger partial charge in [0, 0.05) is 13.0 Å². The number of amides is 1. The molecular weight excluding hydrogens is 274 g/mol. The summed E-state index contributed by atoms with van der Waals surface area (Å²) in [4.78, 5) is 20.6. The molecule has 0 aliphatic carbocycles. The van der Waals surface area contributed by atoms with Crippen molar-refractivity contribution in [3.05, 3.63) is 24.5 Å². The third kappa shape index (κ3) is 2.67. The molecule has 0 radical (unpaired) electrons. The Hall–Kier alpha value is -2.57. The number of nitrogens with zero attached hydrogens (tertiary/aromatic N) is 3. The van der Waals surface area contributed by atoms with Gasteiger partial charge in [0.05, 0.1) is 24.6 Å². The van der Waals surface area contributed by atoms with Crippen molar-refractivity contribution in [1.82, 2.24) is 14.9 Å². The molecule has 21 heavy (non-hydrogen) atoms. The lowest BCUT2D eigenvalue weighted by atomic mass is 10.2. The van der Waals surface area contributed by atoms with Crippen LogP contribution in [-0.4, -0.2) is 52.4 Å². The quantitative estimate of drug-likeness (QED) is 0.927. The number of hydrogen-bond acceptors (Lipinski definition) is 5. The molecule has 1 aromatic carbocycles. The fraction of sp³-hybridized carbons (Fsp3) is 0.357. The van der Waals surface area contributed by atoms with E-state index in [4.69, 9.17) is 14.6 Å². The van der Waals surface area contributed by atoms with E-state index in [9.17, 15) is 4.79 Å². The minimum atomic E-state index is -0.921. The van der Waals surface area contributed by atoms with Crippen molar-refractivity contribution in [2.45, 2.75) is 12.5 Å². The molecular formula is C14H15N3O4. The summed E-state index contributed by atoms with van der Waals surface area (Å²) in [5.74, 6) is 1.15. The van der Waals surface area contributed by atoms with Crippen molar-refractivity contribution in [2.24, 2.45) is 0 Å². The van der Waals surface area contributed by atoms with E-state index in [-0.39, 0.29) is 6.10 Å². The average molecular weight is 289 g/mol. The Morgan fingerprint density at radius 2 is 2.29 bits per heavy atom. The molecule has 2 aromatic rings. The molecule has 110 valence electrons. The first-order valence-corrected chi connectivity index (χ1v) is 6.60. The minimum Gasteiger partial charge on any atom is -0.497 e. The highest BCUT2D eigenvalue weighted by Gasteiger charge is 2.28. The highest BCUT2D eigenvalue weighted by Crippen LogP contribution is 2.27. The predicted octanol–water partition coefficient (Wildman–Crippen LogP) is 1.77. The highest BCUT2D eigenvalue weighted by atomic mass is 16.5. The van der Waals surface area contributed by atoms with E-state index in [0.717, 1.165) is 10.9 Å². The molecule has 1 atom stereocenters. The van der Waals surface area contributed by atoms with Gasteiger partial charge in [0.15, 0.2) is 0 Å². The Kier molecular flexibility index (Phi) is 3.47. The van der Waals surface area contributed by atoms with Crippen LogP contribution in [0.3, 0.4) is 0 Å². The predicted molar refractivity (Wildman–Crippen MR) is 74.7 cm³/mol. The topological polar surface area (TPSA) is 84.8 Å². The Balaban J connectivity index is 1.85. The zero-order valence-electron chi connectivity index (χ0n) is 11.5. The zero-order valence-corrected chi connectivity index (χ0v) is 11.5. The number of ether oxygens (including phenoxy) is 2. The SMILES string of the molecule is COc1ccc2ncnc(OC3CCN(C(=O)O)C3)c2c1. The largest absolute Gasteiger partial charge is 0.497 e. The molecule has 7 nitrogen and oxygen atoms in total. The summed E-state index contributed by atoms with van der Waals surface area (Å²) in [5.41, 5.74) is 0.758. The van der Waals surface area contributed by atoms with Crippen molar-refractivity contribution < 1.29 is 19.4 Å². The molecule has 2 heterocycles. The first-order chi connectivity index (χ1) is 10.2. The van der Waals surface area contributed by atoms with Crippen LogP contribution in [0.2, 0.25) is 0 Å². The van der Waals surface area contributed by atoms with Crippen LogP contribution >= 0.6 is 0 Å². The number of hydrogen-bond donors (Lipinski definition) is 1. The average Bonchev–Trinajstić information content (AvgIpc) is 2.96. The van der Waals surface area contributed by atoms with E-state index in [1.165, 1.54) is 11.2 Å². The first kappa shape index (κ1) is 13.4. The van der Waals surface area contributed by atoms with Crippen LogP contribution in [0.15, 0.2) is 24.5 Å². The number of carbonyl (C=O) groups is 1. The summed E-state index contributed by atoms with van der Waals surface area (Å²) in [7, 11) is 1.59. The van der Waals surface area contributed by atoms with E-state index in [0.29, 0.717) is 31.1 Å². The summed E-state index contributed by atoms with van der Waals surface area (Å²) in [6.45, 7) is 0.830. The van der Waals surface area contributed by atoms with E-state index in [1.54, 1.807) is 7.11 Å². The highest BCUT2D eigenvalue weighted by molar-refractivity contribution is 5.84. The fourth-order valence-corrected chi connectivity index (χ4v) is 2.39. The second-order valence-electron chi connectivity index (χ2n) is 4.82. The molecule has 3 rings (SSSR count). The first-order valence-electron chi connectivity index (χ1n) is 6.60. The smallest absolute Gasteiger partial charge is 0.407 e. The van der Waals surface area contributed by atoms with Crippen LogP contribution in [0.25, 0.3) is 10.9 Å². The zero-order chi connectivity index (χ0) is 14.8. The second-order valence-corrected chi connectivity index (χ2v) is 4.82. The van der Waals surface area contributed by atoms with Crippen molar-refractivity contribution in [1.29, 1.82) is 0 Å². The minimum absolute atomic E-state index is 0.189. The van der Waals surface area contributed by atoms with Gasteiger partial charge in [-0.05, 0) is 18.2 Å². The van der Waals surface area contributed by atoms with Gasteiger partial charge in [-0.15, -0.1) is 0 Å². The summed E-state index contributed by atoms with van der Waals surface area (Å²) >= 11 is 0. The van der Waals surface area contributed by atoms with Gasteiger partial charge in [-0.2, -0.15) is 0 Å². The molecule has 1 aliphatic heterocycles. The molecule has 1 aromatic heterocycles. The Morgan fingerprint density at radius 1 is 1.43 bits per heavy atom. The number of benzene rings is 1. The van der Waals surface area contributed by atoms with E-state index >= 15 is 0 Å². The summed E-state index contributed by atoms with van der Waals surface area (Å²) < 4.78 is 11.1. The van der Waals surface area contributed by atoms with Crippen LogP contribution in [-0.2, 0) is 0 Å². The summed E-state index contributed by atoms with van der Waals surface area (Å²) in [5, 5.41) is 9.72. The molecule has 1 saturated heterocycles. The lowest BCUT2D eigenvalue weighted by Crippen LogP contribution is -2.29. The number of likely N-dealkylation sites (tertiary alicyclic amines) is 1. The van der Waals surface area contributed by atoms with Crippen molar-refractivity contribution in [2.75, 3.05) is 20.2 Å². The maximum atomic E-state index is 10.9. The van der Waals surface area contributed by atoms with Crippen molar-refractivity contribution in [3.63, 3.8) is 0 Å². The maximum absolute atomic E-state index is 10.9.